The first-order chi connectivity index (χ1) is 18.0. The molecule has 1 fully saturated rings. The summed E-state index contributed by atoms with van der Waals surface area (Å²) in [7, 11) is 1.62. The van der Waals surface area contributed by atoms with Gasteiger partial charge in [-0.15, -0.1) is 0 Å². The molecule has 0 saturated carbocycles. The molecule has 3 aromatic carbocycles. The van der Waals surface area contributed by atoms with Crippen LogP contribution in [0.5, 0.6) is 5.75 Å². The molecule has 2 heterocycles. The highest BCUT2D eigenvalue weighted by atomic mass is 32.2. The number of carbonyl (C=O) groups is 2. The summed E-state index contributed by atoms with van der Waals surface area (Å²) >= 11 is 1.36. The van der Waals surface area contributed by atoms with Gasteiger partial charge in [0.15, 0.2) is 5.17 Å². The number of amides is 1. The van der Waals surface area contributed by atoms with Crippen molar-refractivity contribution in [2.24, 2.45) is 4.99 Å². The molecule has 0 spiro atoms. The number of ether oxygens (including phenoxy) is 1. The maximum absolute atomic E-state index is 13.3. The van der Waals surface area contributed by atoms with E-state index < -0.39 is 5.97 Å². The topological polar surface area (TPSA) is 84.1 Å². The van der Waals surface area contributed by atoms with Crippen LogP contribution in [0.25, 0.3) is 17.0 Å². The Hall–Kier alpha value is -4.30. The molecule has 1 aliphatic rings. The minimum atomic E-state index is -0.950. The van der Waals surface area contributed by atoms with E-state index >= 15 is 0 Å². The van der Waals surface area contributed by atoms with Crippen molar-refractivity contribution in [1.29, 1.82) is 0 Å². The van der Waals surface area contributed by atoms with Gasteiger partial charge >= 0.3 is 5.97 Å². The zero-order chi connectivity index (χ0) is 25.9. The van der Waals surface area contributed by atoms with Gasteiger partial charge in [0, 0.05) is 35.8 Å². The molecular weight excluding hydrogens is 486 g/mol. The van der Waals surface area contributed by atoms with E-state index in [2.05, 4.69) is 4.57 Å². The number of aliphatic imine (C=N–C) groups is 1. The minimum absolute atomic E-state index is 0.0780. The molecule has 0 radical (unpaired) electrons. The van der Waals surface area contributed by atoms with Gasteiger partial charge in [0.25, 0.3) is 5.91 Å². The fourth-order valence-corrected chi connectivity index (χ4v) is 5.35. The Morgan fingerprint density at radius 1 is 1.08 bits per heavy atom. The van der Waals surface area contributed by atoms with Crippen molar-refractivity contribution in [3.05, 3.63) is 101 Å². The van der Waals surface area contributed by atoms with Gasteiger partial charge in [0.05, 0.1) is 23.3 Å². The van der Waals surface area contributed by atoms with Crippen molar-refractivity contribution in [3.63, 3.8) is 0 Å². The molecule has 4 aromatic rings. The molecule has 1 N–H and O–H groups in total. The van der Waals surface area contributed by atoms with Crippen LogP contribution in [-0.4, -0.2) is 45.3 Å². The predicted octanol–water partition coefficient (Wildman–Crippen LogP) is 6.02. The van der Waals surface area contributed by atoms with Gasteiger partial charge in [-0.3, -0.25) is 9.69 Å². The average molecular weight is 512 g/mol. The quantitative estimate of drug-likeness (QED) is 0.307. The fourth-order valence-electron chi connectivity index (χ4n) is 4.30. The zero-order valence-electron chi connectivity index (χ0n) is 20.4. The third-order valence-electron chi connectivity index (χ3n) is 6.13. The van der Waals surface area contributed by atoms with E-state index in [4.69, 9.17) is 9.73 Å². The van der Waals surface area contributed by atoms with E-state index in [9.17, 15) is 14.7 Å². The number of fused-ring (bicyclic) bond motifs is 1. The van der Waals surface area contributed by atoms with E-state index in [-0.39, 0.29) is 11.5 Å². The molecule has 1 saturated heterocycles. The number of amidine groups is 1. The largest absolute Gasteiger partial charge is 0.497 e. The first kappa shape index (κ1) is 24.4. The molecule has 0 unspecified atom stereocenters. The molecule has 8 heteroatoms. The van der Waals surface area contributed by atoms with Gasteiger partial charge in [-0.25, -0.2) is 9.79 Å². The second-order valence-corrected chi connectivity index (χ2v) is 9.50. The van der Waals surface area contributed by atoms with Gasteiger partial charge in [-0.1, -0.05) is 30.3 Å². The molecule has 0 bridgehead atoms. The second-order valence-electron chi connectivity index (χ2n) is 8.49. The third kappa shape index (κ3) is 5.01. The van der Waals surface area contributed by atoms with Crippen molar-refractivity contribution < 1.29 is 19.4 Å². The summed E-state index contributed by atoms with van der Waals surface area (Å²) in [6.45, 7) is 2.96. The number of nitrogens with zero attached hydrogens (tertiary/aromatic N) is 3. The lowest BCUT2D eigenvalue weighted by molar-refractivity contribution is -0.122. The standard InChI is InChI=1S/C29H25N3O4S/c1-3-32-27(33)26(37-29(32)30-22-11-13-23(36-2)14-12-22)16-21-18-31(25-10-5-4-9-24(21)25)17-19-7-6-8-20(15-19)28(34)35/h4-16,18H,3,17H2,1-2H3,(H,34,35)/b26-16+,30-29?. The van der Waals surface area contributed by atoms with Crippen molar-refractivity contribution in [1.82, 2.24) is 9.47 Å². The number of carboxylic acid groups (broad SMARTS) is 1. The molecule has 1 aromatic heterocycles. The zero-order valence-corrected chi connectivity index (χ0v) is 21.2. The lowest BCUT2D eigenvalue weighted by atomic mass is 10.1. The van der Waals surface area contributed by atoms with E-state index in [0.29, 0.717) is 23.2 Å². The molecule has 5 rings (SSSR count). The predicted molar refractivity (Wildman–Crippen MR) is 147 cm³/mol. The number of thioether (sulfide) groups is 1. The Kier molecular flexibility index (Phi) is 6.83. The normalized spacial score (nSPS) is 15.7. The first-order valence-electron chi connectivity index (χ1n) is 11.8. The first-order valence-corrected chi connectivity index (χ1v) is 12.6. The van der Waals surface area contributed by atoms with Gasteiger partial charge in [-0.2, -0.15) is 0 Å². The lowest BCUT2D eigenvalue weighted by Crippen LogP contribution is -2.28. The molecule has 0 atom stereocenters. The smallest absolute Gasteiger partial charge is 0.335 e. The van der Waals surface area contributed by atoms with Gasteiger partial charge in [0.2, 0.25) is 0 Å². The number of benzene rings is 3. The van der Waals surface area contributed by atoms with Crippen LogP contribution in [0.3, 0.4) is 0 Å². The number of likely N-dealkylation sites (N-methyl/N-ethyl adjacent to an activating group) is 1. The number of methoxy groups -OCH3 is 1. The average Bonchev–Trinajstić information content (AvgIpc) is 3.41. The number of hydrogen-bond donors (Lipinski definition) is 1. The number of rotatable bonds is 7. The van der Waals surface area contributed by atoms with E-state index in [0.717, 1.165) is 33.5 Å². The summed E-state index contributed by atoms with van der Waals surface area (Å²) in [5, 5.41) is 11.0. The van der Waals surface area contributed by atoms with Gasteiger partial charge < -0.3 is 14.4 Å². The van der Waals surface area contributed by atoms with Crippen molar-refractivity contribution >= 4 is 51.5 Å². The summed E-state index contributed by atoms with van der Waals surface area (Å²) < 4.78 is 7.30. The number of aromatic carboxylic acids is 1. The van der Waals surface area contributed by atoms with Crippen molar-refractivity contribution in [2.75, 3.05) is 13.7 Å². The number of carbonyl (C=O) groups excluding carboxylic acids is 1. The Balaban J connectivity index is 1.49. The Morgan fingerprint density at radius 2 is 1.86 bits per heavy atom. The number of carboxylic acids is 1. The lowest BCUT2D eigenvalue weighted by Gasteiger charge is -2.12. The van der Waals surface area contributed by atoms with Gasteiger partial charge in [-0.05, 0) is 72.8 Å². The monoisotopic (exact) mass is 511 g/mol. The summed E-state index contributed by atoms with van der Waals surface area (Å²) in [5.74, 6) is -0.280. The maximum Gasteiger partial charge on any atom is 0.335 e. The van der Waals surface area contributed by atoms with Crippen LogP contribution in [0.4, 0.5) is 5.69 Å². The molecular formula is C29H25N3O4S. The molecule has 186 valence electrons. The molecule has 0 aliphatic carbocycles. The van der Waals surface area contributed by atoms with Crippen LogP contribution < -0.4 is 4.74 Å². The highest BCUT2D eigenvalue weighted by molar-refractivity contribution is 8.18. The van der Waals surface area contributed by atoms with Crippen LogP contribution in [0.2, 0.25) is 0 Å². The SMILES string of the molecule is CCN1C(=O)/C(=C\c2cn(Cc3cccc(C(=O)O)c3)c3ccccc23)SC1=Nc1ccc(OC)cc1. The third-order valence-corrected chi connectivity index (χ3v) is 7.14. The maximum atomic E-state index is 13.3. The van der Waals surface area contributed by atoms with Crippen LogP contribution in [0.15, 0.2) is 88.9 Å². The van der Waals surface area contributed by atoms with Crippen molar-refractivity contribution in [3.8, 4) is 5.75 Å². The van der Waals surface area contributed by atoms with Gasteiger partial charge in [0.1, 0.15) is 5.75 Å². The minimum Gasteiger partial charge on any atom is -0.497 e. The fraction of sp³-hybridized carbons (Fsp3) is 0.138. The number of hydrogen-bond acceptors (Lipinski definition) is 5. The highest BCUT2D eigenvalue weighted by Crippen LogP contribution is 2.36. The molecule has 7 nitrogen and oxygen atoms in total. The molecule has 37 heavy (non-hydrogen) atoms. The van der Waals surface area contributed by atoms with Crippen LogP contribution in [-0.2, 0) is 11.3 Å². The number of aromatic nitrogens is 1. The second kappa shape index (κ2) is 10.4. The summed E-state index contributed by atoms with van der Waals surface area (Å²) in [5.41, 5.74) is 3.81. The van der Waals surface area contributed by atoms with E-state index in [1.165, 1.54) is 11.8 Å². The highest BCUT2D eigenvalue weighted by Gasteiger charge is 2.32. The summed E-state index contributed by atoms with van der Waals surface area (Å²) in [4.78, 5) is 31.6. The van der Waals surface area contributed by atoms with Crippen molar-refractivity contribution in [2.45, 2.75) is 13.5 Å². The summed E-state index contributed by atoms with van der Waals surface area (Å²) in [6, 6.07) is 22.3. The summed E-state index contributed by atoms with van der Waals surface area (Å²) in [6.07, 6.45) is 3.92. The van der Waals surface area contributed by atoms with E-state index in [1.807, 2.05) is 73.8 Å². The molecule has 1 aliphatic heterocycles. The van der Waals surface area contributed by atoms with E-state index in [1.54, 1.807) is 30.2 Å². The van der Waals surface area contributed by atoms with Crippen LogP contribution >= 0.6 is 11.8 Å². The Labute approximate surface area is 218 Å². The molecule has 1 amide bonds. The number of para-hydroxylation sites is 1. The Bertz CT molecular complexity index is 1550. The Morgan fingerprint density at radius 3 is 2.59 bits per heavy atom. The van der Waals surface area contributed by atoms with Crippen LogP contribution in [0, 0.1) is 0 Å². The van der Waals surface area contributed by atoms with Crippen LogP contribution in [0.1, 0.15) is 28.4 Å².